The third kappa shape index (κ3) is 9.80. The van der Waals surface area contributed by atoms with E-state index in [4.69, 9.17) is 14.2 Å². The molecule has 0 aliphatic rings. The normalized spacial score (nSPS) is 12.1. The Morgan fingerprint density at radius 2 is 1.18 bits per heavy atom. The van der Waals surface area contributed by atoms with Crippen LogP contribution >= 0.6 is 0 Å². The molecular formula is C25H36O3. The van der Waals surface area contributed by atoms with Crippen molar-refractivity contribution in [1.29, 1.82) is 0 Å². The summed E-state index contributed by atoms with van der Waals surface area (Å²) in [6.07, 6.45) is 10.1. The van der Waals surface area contributed by atoms with Gasteiger partial charge >= 0.3 is 0 Å². The van der Waals surface area contributed by atoms with E-state index in [1.54, 1.807) is 0 Å². The minimum Gasteiger partial charge on any atom is -0.452 e. The van der Waals surface area contributed by atoms with Gasteiger partial charge in [-0.05, 0) is 37.6 Å². The van der Waals surface area contributed by atoms with Crippen LogP contribution in [0, 0.1) is 0 Å². The van der Waals surface area contributed by atoms with Gasteiger partial charge in [0.2, 0.25) is 0 Å². The number of ether oxygens (including phenoxy) is 3. The molecule has 0 N–H and O–H groups in total. The third-order valence-electron chi connectivity index (χ3n) is 4.75. The Morgan fingerprint density at radius 1 is 0.679 bits per heavy atom. The minimum atomic E-state index is -0.471. The highest BCUT2D eigenvalue weighted by Gasteiger charge is 2.15. The van der Waals surface area contributed by atoms with E-state index in [0.717, 1.165) is 17.9 Å². The van der Waals surface area contributed by atoms with Gasteiger partial charge in [-0.2, -0.15) is 0 Å². The summed E-state index contributed by atoms with van der Waals surface area (Å²) < 4.78 is 18.0. The summed E-state index contributed by atoms with van der Waals surface area (Å²) in [5, 5.41) is 0. The number of hydrogen-bond acceptors (Lipinski definition) is 3. The molecule has 0 aliphatic heterocycles. The van der Waals surface area contributed by atoms with E-state index in [2.05, 4.69) is 13.8 Å². The van der Waals surface area contributed by atoms with Gasteiger partial charge in [0.1, 0.15) is 18.1 Å². The molecule has 2 aromatic rings. The van der Waals surface area contributed by atoms with Crippen molar-refractivity contribution in [1.82, 2.24) is 0 Å². The van der Waals surface area contributed by atoms with E-state index >= 15 is 0 Å². The SMILES string of the molecule is CCCCCCCCCC(C)OCC(Oc1ccccc1)Oc1ccccc1. The van der Waals surface area contributed by atoms with Gasteiger partial charge in [-0.25, -0.2) is 0 Å². The van der Waals surface area contributed by atoms with Crippen molar-refractivity contribution in [3.05, 3.63) is 60.7 Å². The lowest BCUT2D eigenvalue weighted by Crippen LogP contribution is -2.31. The molecule has 0 saturated carbocycles. The van der Waals surface area contributed by atoms with Crippen LogP contribution in [0.5, 0.6) is 11.5 Å². The summed E-state index contributed by atoms with van der Waals surface area (Å²) in [4.78, 5) is 0. The molecule has 0 fully saturated rings. The lowest BCUT2D eigenvalue weighted by molar-refractivity contribution is -0.0798. The van der Waals surface area contributed by atoms with Crippen molar-refractivity contribution in [3.63, 3.8) is 0 Å². The molecular weight excluding hydrogens is 348 g/mol. The Labute approximate surface area is 171 Å². The molecule has 0 spiro atoms. The van der Waals surface area contributed by atoms with E-state index in [1.807, 2.05) is 60.7 Å². The largest absolute Gasteiger partial charge is 0.452 e. The fourth-order valence-corrected chi connectivity index (χ4v) is 3.11. The second kappa shape index (κ2) is 14.1. The first-order valence-electron chi connectivity index (χ1n) is 10.8. The van der Waals surface area contributed by atoms with Crippen molar-refractivity contribution < 1.29 is 14.2 Å². The van der Waals surface area contributed by atoms with Crippen LogP contribution in [0.1, 0.15) is 65.2 Å². The molecule has 154 valence electrons. The van der Waals surface area contributed by atoms with Gasteiger partial charge in [0, 0.05) is 0 Å². The summed E-state index contributed by atoms with van der Waals surface area (Å²) in [7, 11) is 0. The van der Waals surface area contributed by atoms with Gasteiger partial charge in [-0.1, -0.05) is 88.3 Å². The summed E-state index contributed by atoms with van der Waals surface area (Å²) >= 11 is 0. The van der Waals surface area contributed by atoms with Gasteiger partial charge in [-0.3, -0.25) is 0 Å². The average molecular weight is 385 g/mol. The molecule has 0 saturated heterocycles. The lowest BCUT2D eigenvalue weighted by atomic mass is 10.1. The van der Waals surface area contributed by atoms with Crippen LogP contribution in [-0.4, -0.2) is 19.0 Å². The summed E-state index contributed by atoms with van der Waals surface area (Å²) in [6, 6.07) is 19.5. The first-order chi connectivity index (χ1) is 13.8. The van der Waals surface area contributed by atoms with E-state index in [1.165, 1.54) is 44.9 Å². The molecule has 1 atom stereocenters. The smallest absolute Gasteiger partial charge is 0.264 e. The highest BCUT2D eigenvalue weighted by atomic mass is 16.7. The Morgan fingerprint density at radius 3 is 1.71 bits per heavy atom. The minimum absolute atomic E-state index is 0.205. The van der Waals surface area contributed by atoms with Crippen molar-refractivity contribution in [2.45, 2.75) is 77.6 Å². The first kappa shape index (κ1) is 22.3. The molecule has 3 heteroatoms. The highest BCUT2D eigenvalue weighted by Crippen LogP contribution is 2.17. The topological polar surface area (TPSA) is 27.7 Å². The molecule has 0 aromatic heterocycles. The van der Waals surface area contributed by atoms with Gasteiger partial charge in [-0.15, -0.1) is 0 Å². The molecule has 0 aliphatic carbocycles. The van der Waals surface area contributed by atoms with Crippen molar-refractivity contribution in [2.75, 3.05) is 6.61 Å². The van der Waals surface area contributed by atoms with Crippen LogP contribution in [0.25, 0.3) is 0 Å². The van der Waals surface area contributed by atoms with Gasteiger partial charge < -0.3 is 14.2 Å². The van der Waals surface area contributed by atoms with Gasteiger partial charge in [0.05, 0.1) is 6.10 Å². The Balaban J connectivity index is 1.73. The van der Waals surface area contributed by atoms with Crippen molar-refractivity contribution in [2.24, 2.45) is 0 Å². The van der Waals surface area contributed by atoms with Crippen LogP contribution in [0.3, 0.4) is 0 Å². The summed E-state index contributed by atoms with van der Waals surface area (Å²) in [5.74, 6) is 1.57. The monoisotopic (exact) mass is 384 g/mol. The van der Waals surface area contributed by atoms with E-state index in [0.29, 0.717) is 6.61 Å². The Kier molecular flexibility index (Phi) is 11.2. The molecule has 0 amide bonds. The number of para-hydroxylation sites is 2. The molecule has 28 heavy (non-hydrogen) atoms. The standard InChI is InChI=1S/C25H36O3/c1-3-4-5-6-7-8-11-16-22(2)26-21-25(27-23-17-12-9-13-18-23)28-24-19-14-10-15-20-24/h9-10,12-15,17-20,22,25H,3-8,11,16,21H2,1-2H3. The zero-order chi connectivity index (χ0) is 19.9. The summed E-state index contributed by atoms with van der Waals surface area (Å²) in [6.45, 7) is 4.80. The van der Waals surface area contributed by atoms with Crippen molar-refractivity contribution in [3.8, 4) is 11.5 Å². The molecule has 3 nitrogen and oxygen atoms in total. The van der Waals surface area contributed by atoms with Crippen LogP contribution < -0.4 is 9.47 Å². The van der Waals surface area contributed by atoms with Crippen LogP contribution in [0.15, 0.2) is 60.7 Å². The molecule has 2 aromatic carbocycles. The lowest BCUT2D eigenvalue weighted by Gasteiger charge is -2.22. The predicted molar refractivity (Wildman–Crippen MR) is 116 cm³/mol. The van der Waals surface area contributed by atoms with Crippen LogP contribution in [-0.2, 0) is 4.74 Å². The number of hydrogen-bond donors (Lipinski definition) is 0. The van der Waals surface area contributed by atoms with E-state index in [9.17, 15) is 0 Å². The van der Waals surface area contributed by atoms with Gasteiger partial charge in [0.15, 0.2) is 0 Å². The molecule has 0 radical (unpaired) electrons. The Hall–Kier alpha value is -2.00. The fourth-order valence-electron chi connectivity index (χ4n) is 3.11. The van der Waals surface area contributed by atoms with Gasteiger partial charge in [0.25, 0.3) is 6.29 Å². The number of unbranched alkanes of at least 4 members (excludes halogenated alkanes) is 6. The molecule has 0 heterocycles. The average Bonchev–Trinajstić information content (AvgIpc) is 2.73. The first-order valence-corrected chi connectivity index (χ1v) is 10.8. The van der Waals surface area contributed by atoms with Crippen LogP contribution in [0.2, 0.25) is 0 Å². The zero-order valence-corrected chi connectivity index (χ0v) is 17.5. The second-order valence-corrected chi connectivity index (χ2v) is 7.35. The number of benzene rings is 2. The molecule has 0 bridgehead atoms. The maximum Gasteiger partial charge on any atom is 0.264 e. The summed E-state index contributed by atoms with van der Waals surface area (Å²) in [5.41, 5.74) is 0. The van der Waals surface area contributed by atoms with E-state index < -0.39 is 6.29 Å². The third-order valence-corrected chi connectivity index (χ3v) is 4.75. The molecule has 1 unspecified atom stereocenters. The van der Waals surface area contributed by atoms with Crippen LogP contribution in [0.4, 0.5) is 0 Å². The zero-order valence-electron chi connectivity index (χ0n) is 17.5. The maximum atomic E-state index is 6.04. The number of rotatable bonds is 15. The second-order valence-electron chi connectivity index (χ2n) is 7.35. The molecule has 2 rings (SSSR count). The van der Waals surface area contributed by atoms with Crippen molar-refractivity contribution >= 4 is 0 Å². The Bertz CT molecular complexity index is 558. The fraction of sp³-hybridized carbons (Fsp3) is 0.520. The maximum absolute atomic E-state index is 6.04. The quantitative estimate of drug-likeness (QED) is 0.244. The van der Waals surface area contributed by atoms with E-state index in [-0.39, 0.29) is 6.10 Å². The predicted octanol–water partition coefficient (Wildman–Crippen LogP) is 7.02. The highest BCUT2D eigenvalue weighted by molar-refractivity contribution is 5.23.